The predicted molar refractivity (Wildman–Crippen MR) is 120 cm³/mol. The molecule has 0 aliphatic heterocycles. The second kappa shape index (κ2) is 8.29. The Morgan fingerprint density at radius 2 is 1.94 bits per heavy atom. The van der Waals surface area contributed by atoms with Crippen molar-refractivity contribution in [2.24, 2.45) is 0 Å². The van der Waals surface area contributed by atoms with Crippen LogP contribution in [0.15, 0.2) is 35.4 Å². The summed E-state index contributed by atoms with van der Waals surface area (Å²) in [6, 6.07) is 5.68. The van der Waals surface area contributed by atoms with Crippen molar-refractivity contribution in [3.05, 3.63) is 47.4 Å². The Hall–Kier alpha value is -2.78. The first-order valence-electron chi connectivity index (χ1n) is 10.7. The monoisotopic (exact) mass is 459 g/mol. The summed E-state index contributed by atoms with van der Waals surface area (Å²) in [5.41, 5.74) is 1.79. The fourth-order valence-electron chi connectivity index (χ4n) is 4.50. The molecule has 0 amide bonds. The van der Waals surface area contributed by atoms with E-state index in [0.717, 1.165) is 25.7 Å². The lowest BCUT2D eigenvalue weighted by molar-refractivity contribution is 0.0699. The standard InChI is InChI=1S/C23H26FN3O4S/c1-13(2)26-32(30,31)16-8-9-19(25-12-16)22-21(23(28)29)17-11-18(24)14(3)10-20(17)27(22)15-6-4-5-7-15/h8-13,15,26H,4-7H2,1-3H3,(H,28,29). The summed E-state index contributed by atoms with van der Waals surface area (Å²) in [5.74, 6) is -1.64. The first-order chi connectivity index (χ1) is 15.1. The van der Waals surface area contributed by atoms with Crippen LogP contribution in [-0.4, -0.2) is 35.1 Å². The average Bonchev–Trinajstić information content (AvgIpc) is 3.33. The number of carboxylic acids is 1. The number of nitrogens with one attached hydrogen (secondary N) is 1. The zero-order chi connectivity index (χ0) is 23.2. The van der Waals surface area contributed by atoms with E-state index in [1.807, 2.05) is 4.57 Å². The third-order valence-corrected chi connectivity index (χ3v) is 7.51. The number of pyridine rings is 1. The van der Waals surface area contributed by atoms with Crippen LogP contribution >= 0.6 is 0 Å². The average molecular weight is 460 g/mol. The number of aromatic carboxylic acids is 1. The molecule has 0 unspecified atom stereocenters. The molecule has 170 valence electrons. The van der Waals surface area contributed by atoms with Crippen molar-refractivity contribution in [3.8, 4) is 11.4 Å². The van der Waals surface area contributed by atoms with E-state index in [0.29, 0.717) is 27.9 Å². The molecule has 32 heavy (non-hydrogen) atoms. The van der Waals surface area contributed by atoms with Gasteiger partial charge in [0.2, 0.25) is 10.0 Å². The van der Waals surface area contributed by atoms with Crippen molar-refractivity contribution in [1.82, 2.24) is 14.3 Å². The molecule has 7 nitrogen and oxygen atoms in total. The van der Waals surface area contributed by atoms with Gasteiger partial charge in [-0.25, -0.2) is 22.3 Å². The minimum Gasteiger partial charge on any atom is -0.478 e. The Labute approximate surface area is 186 Å². The van der Waals surface area contributed by atoms with Crippen LogP contribution in [0.4, 0.5) is 4.39 Å². The highest BCUT2D eigenvalue weighted by Crippen LogP contribution is 2.41. The van der Waals surface area contributed by atoms with Crippen LogP contribution in [0.5, 0.6) is 0 Å². The third-order valence-electron chi connectivity index (χ3n) is 5.87. The summed E-state index contributed by atoms with van der Waals surface area (Å²) in [4.78, 5) is 16.6. The molecule has 2 aromatic heterocycles. The topological polar surface area (TPSA) is 101 Å². The van der Waals surface area contributed by atoms with Gasteiger partial charge in [0, 0.05) is 23.7 Å². The minimum atomic E-state index is -3.73. The summed E-state index contributed by atoms with van der Waals surface area (Å²) in [6.07, 6.45) is 5.05. The molecule has 9 heteroatoms. The maximum absolute atomic E-state index is 14.4. The first kappa shape index (κ1) is 22.4. The van der Waals surface area contributed by atoms with E-state index in [9.17, 15) is 22.7 Å². The summed E-state index contributed by atoms with van der Waals surface area (Å²) < 4.78 is 43.8. The van der Waals surface area contributed by atoms with Crippen molar-refractivity contribution < 1.29 is 22.7 Å². The molecule has 1 aliphatic rings. The summed E-state index contributed by atoms with van der Waals surface area (Å²) in [6.45, 7) is 5.10. The van der Waals surface area contributed by atoms with Crippen LogP contribution in [0.25, 0.3) is 22.3 Å². The van der Waals surface area contributed by atoms with Crippen LogP contribution in [0, 0.1) is 12.7 Å². The van der Waals surface area contributed by atoms with E-state index in [-0.39, 0.29) is 22.5 Å². The maximum Gasteiger partial charge on any atom is 0.338 e. The van der Waals surface area contributed by atoms with Crippen LogP contribution in [0.1, 0.15) is 61.5 Å². The van der Waals surface area contributed by atoms with E-state index >= 15 is 0 Å². The molecule has 2 N–H and O–H groups in total. The third kappa shape index (κ3) is 3.91. The van der Waals surface area contributed by atoms with Gasteiger partial charge in [0.05, 0.1) is 22.5 Å². The fourth-order valence-corrected chi connectivity index (χ4v) is 5.70. The van der Waals surface area contributed by atoms with E-state index in [1.54, 1.807) is 26.8 Å². The number of fused-ring (bicyclic) bond motifs is 1. The van der Waals surface area contributed by atoms with Crippen LogP contribution in [0.3, 0.4) is 0 Å². The first-order valence-corrected chi connectivity index (χ1v) is 12.1. The molecule has 0 radical (unpaired) electrons. The molecule has 1 aromatic carbocycles. The number of halogens is 1. The highest BCUT2D eigenvalue weighted by atomic mass is 32.2. The molecule has 1 fully saturated rings. The molecular weight excluding hydrogens is 433 g/mol. The predicted octanol–water partition coefficient (Wildman–Crippen LogP) is 4.65. The molecule has 0 atom stereocenters. The van der Waals surface area contributed by atoms with Gasteiger partial charge >= 0.3 is 5.97 Å². The molecule has 1 saturated carbocycles. The Balaban J connectivity index is 1.96. The number of aryl methyl sites for hydroxylation is 1. The van der Waals surface area contributed by atoms with Gasteiger partial charge in [-0.15, -0.1) is 0 Å². The highest BCUT2D eigenvalue weighted by molar-refractivity contribution is 7.89. The van der Waals surface area contributed by atoms with E-state index in [4.69, 9.17) is 0 Å². The minimum absolute atomic E-state index is 0.00255. The lowest BCUT2D eigenvalue weighted by Gasteiger charge is -2.18. The molecule has 0 spiro atoms. The number of aromatic nitrogens is 2. The zero-order valence-corrected chi connectivity index (χ0v) is 19.0. The molecule has 4 rings (SSSR count). The van der Waals surface area contributed by atoms with E-state index in [2.05, 4.69) is 9.71 Å². The SMILES string of the molecule is Cc1cc2c(cc1F)c(C(=O)O)c(-c1ccc(S(=O)(=O)NC(C)C)cn1)n2C1CCCC1. The molecular formula is C23H26FN3O4S. The number of rotatable bonds is 6. The normalized spacial score (nSPS) is 15.2. The second-order valence-corrected chi connectivity index (χ2v) is 10.3. The molecule has 0 saturated heterocycles. The largest absolute Gasteiger partial charge is 0.478 e. The van der Waals surface area contributed by atoms with E-state index < -0.39 is 21.8 Å². The quantitative estimate of drug-likeness (QED) is 0.559. The smallest absolute Gasteiger partial charge is 0.338 e. The van der Waals surface area contributed by atoms with Crippen molar-refractivity contribution in [2.45, 2.75) is 63.4 Å². The number of benzene rings is 1. The Morgan fingerprint density at radius 3 is 2.50 bits per heavy atom. The van der Waals surface area contributed by atoms with Crippen molar-refractivity contribution in [2.75, 3.05) is 0 Å². The van der Waals surface area contributed by atoms with Crippen LogP contribution < -0.4 is 4.72 Å². The van der Waals surface area contributed by atoms with Crippen molar-refractivity contribution in [1.29, 1.82) is 0 Å². The van der Waals surface area contributed by atoms with Gasteiger partial charge in [-0.05, 0) is 63.4 Å². The van der Waals surface area contributed by atoms with Gasteiger partial charge in [-0.3, -0.25) is 4.98 Å². The second-order valence-electron chi connectivity index (χ2n) is 8.61. The van der Waals surface area contributed by atoms with Crippen molar-refractivity contribution >= 4 is 26.9 Å². The zero-order valence-electron chi connectivity index (χ0n) is 18.2. The lowest BCUT2D eigenvalue weighted by Crippen LogP contribution is -2.30. The summed E-state index contributed by atoms with van der Waals surface area (Å²) in [5, 5.41) is 10.4. The maximum atomic E-state index is 14.4. The number of carbonyl (C=O) groups is 1. The molecule has 0 bridgehead atoms. The lowest BCUT2D eigenvalue weighted by atomic mass is 10.1. The Kier molecular flexibility index (Phi) is 5.81. The van der Waals surface area contributed by atoms with Gasteiger partial charge in [0.25, 0.3) is 0 Å². The number of sulfonamides is 1. The van der Waals surface area contributed by atoms with Crippen LogP contribution in [0.2, 0.25) is 0 Å². The van der Waals surface area contributed by atoms with Gasteiger partial charge in [0.15, 0.2) is 0 Å². The highest BCUT2D eigenvalue weighted by Gasteiger charge is 2.30. The summed E-state index contributed by atoms with van der Waals surface area (Å²) >= 11 is 0. The van der Waals surface area contributed by atoms with Gasteiger partial charge < -0.3 is 9.67 Å². The Morgan fingerprint density at radius 1 is 1.25 bits per heavy atom. The molecule has 3 aromatic rings. The number of nitrogens with zero attached hydrogens (tertiary/aromatic N) is 2. The Bertz CT molecular complexity index is 1290. The fraction of sp³-hybridized carbons (Fsp3) is 0.391. The van der Waals surface area contributed by atoms with Crippen molar-refractivity contribution in [3.63, 3.8) is 0 Å². The number of hydrogen-bond acceptors (Lipinski definition) is 4. The van der Waals surface area contributed by atoms with E-state index in [1.165, 1.54) is 24.4 Å². The van der Waals surface area contributed by atoms with Gasteiger partial charge in [0.1, 0.15) is 10.7 Å². The molecule has 1 aliphatic carbocycles. The van der Waals surface area contributed by atoms with Gasteiger partial charge in [-0.2, -0.15) is 0 Å². The molecule has 2 heterocycles. The number of carboxylic acid groups (broad SMARTS) is 1. The number of hydrogen-bond donors (Lipinski definition) is 2. The van der Waals surface area contributed by atoms with Crippen LogP contribution in [-0.2, 0) is 10.0 Å². The summed E-state index contributed by atoms with van der Waals surface area (Å²) in [7, 11) is -3.73. The van der Waals surface area contributed by atoms with Gasteiger partial charge in [-0.1, -0.05) is 12.8 Å².